The smallest absolute Gasteiger partial charge is 0.310 e. The summed E-state index contributed by atoms with van der Waals surface area (Å²) in [5.74, 6) is -1.51. The highest BCUT2D eigenvalue weighted by atomic mass is 19.1. The minimum atomic E-state index is -0.518. The fourth-order valence-corrected chi connectivity index (χ4v) is 2.48. The normalized spacial score (nSPS) is 18.8. The van der Waals surface area contributed by atoms with Crippen molar-refractivity contribution in [2.45, 2.75) is 19.8 Å². The number of methoxy groups -OCH3 is 1. The Morgan fingerprint density at radius 3 is 2.80 bits per heavy atom. The Kier molecular flexibility index (Phi) is 4.37. The van der Waals surface area contributed by atoms with Crippen LogP contribution in [0.15, 0.2) is 18.2 Å². The summed E-state index contributed by atoms with van der Waals surface area (Å²) in [6, 6.07) is 4.54. The molecule has 4 nitrogen and oxygen atoms in total. The first-order valence-corrected chi connectivity index (χ1v) is 6.66. The lowest BCUT2D eigenvalue weighted by Crippen LogP contribution is -2.42. The summed E-state index contributed by atoms with van der Waals surface area (Å²) in [4.78, 5) is 25.4. The summed E-state index contributed by atoms with van der Waals surface area (Å²) >= 11 is 0. The van der Waals surface area contributed by atoms with Crippen molar-refractivity contribution >= 4 is 11.9 Å². The number of nitrogens with zero attached hydrogens (tertiary/aromatic N) is 1. The van der Waals surface area contributed by atoms with Crippen molar-refractivity contribution in [2.75, 3.05) is 20.2 Å². The van der Waals surface area contributed by atoms with E-state index in [0.29, 0.717) is 19.5 Å². The van der Waals surface area contributed by atoms with Crippen LogP contribution >= 0.6 is 0 Å². The molecule has 1 aromatic rings. The molecule has 0 aliphatic carbocycles. The maximum Gasteiger partial charge on any atom is 0.310 e. The highest BCUT2D eigenvalue weighted by Gasteiger charge is 2.30. The van der Waals surface area contributed by atoms with Gasteiger partial charge in [-0.05, 0) is 37.5 Å². The second kappa shape index (κ2) is 6.03. The minimum absolute atomic E-state index is 0.0566. The summed E-state index contributed by atoms with van der Waals surface area (Å²) in [7, 11) is 1.34. The van der Waals surface area contributed by atoms with E-state index in [1.54, 1.807) is 13.0 Å². The zero-order valence-corrected chi connectivity index (χ0v) is 11.7. The van der Waals surface area contributed by atoms with E-state index in [1.165, 1.54) is 24.1 Å². The highest BCUT2D eigenvalue weighted by molar-refractivity contribution is 5.95. The fourth-order valence-electron chi connectivity index (χ4n) is 2.48. The molecule has 1 amide bonds. The zero-order valence-electron chi connectivity index (χ0n) is 11.7. The fraction of sp³-hybridized carbons (Fsp3) is 0.467. The zero-order chi connectivity index (χ0) is 14.7. The van der Waals surface area contributed by atoms with Crippen LogP contribution in [0.2, 0.25) is 0 Å². The molecule has 0 spiro atoms. The maximum atomic E-state index is 13.8. The first kappa shape index (κ1) is 14.5. The molecular weight excluding hydrogens is 261 g/mol. The van der Waals surface area contributed by atoms with Crippen molar-refractivity contribution in [3.05, 3.63) is 35.1 Å². The van der Waals surface area contributed by atoms with Gasteiger partial charge in [-0.1, -0.05) is 6.07 Å². The Bertz CT molecular complexity index is 530. The van der Waals surface area contributed by atoms with Crippen molar-refractivity contribution in [3.8, 4) is 0 Å². The van der Waals surface area contributed by atoms with Crippen LogP contribution in [0.25, 0.3) is 0 Å². The van der Waals surface area contributed by atoms with Crippen molar-refractivity contribution in [1.82, 2.24) is 4.90 Å². The van der Waals surface area contributed by atoms with E-state index >= 15 is 0 Å². The van der Waals surface area contributed by atoms with Crippen LogP contribution in [0, 0.1) is 18.7 Å². The third-order valence-corrected chi connectivity index (χ3v) is 3.60. The summed E-state index contributed by atoms with van der Waals surface area (Å²) in [5.41, 5.74) is 0.825. The van der Waals surface area contributed by atoms with Gasteiger partial charge in [-0.15, -0.1) is 0 Å². The maximum absolute atomic E-state index is 13.8. The summed E-state index contributed by atoms with van der Waals surface area (Å²) in [5, 5.41) is 0. The largest absolute Gasteiger partial charge is 0.469 e. The Morgan fingerprint density at radius 2 is 2.15 bits per heavy atom. The second-order valence-electron chi connectivity index (χ2n) is 5.10. The number of amides is 1. The predicted molar refractivity (Wildman–Crippen MR) is 71.8 cm³/mol. The lowest BCUT2D eigenvalue weighted by atomic mass is 9.97. The van der Waals surface area contributed by atoms with Crippen LogP contribution in [0.3, 0.4) is 0 Å². The molecule has 0 radical (unpaired) electrons. The van der Waals surface area contributed by atoms with Crippen LogP contribution < -0.4 is 0 Å². The van der Waals surface area contributed by atoms with Gasteiger partial charge in [-0.3, -0.25) is 9.59 Å². The number of esters is 1. The average molecular weight is 279 g/mol. The van der Waals surface area contributed by atoms with Gasteiger partial charge < -0.3 is 9.64 Å². The molecule has 5 heteroatoms. The van der Waals surface area contributed by atoms with E-state index < -0.39 is 5.82 Å². The summed E-state index contributed by atoms with van der Waals surface area (Å²) in [6.07, 6.45) is 1.42. The van der Waals surface area contributed by atoms with Gasteiger partial charge in [0.15, 0.2) is 0 Å². The van der Waals surface area contributed by atoms with Gasteiger partial charge in [0.2, 0.25) is 0 Å². The van der Waals surface area contributed by atoms with E-state index in [9.17, 15) is 14.0 Å². The molecule has 20 heavy (non-hydrogen) atoms. The van der Waals surface area contributed by atoms with E-state index in [0.717, 1.165) is 12.0 Å². The molecule has 1 unspecified atom stereocenters. The number of hydrogen-bond donors (Lipinski definition) is 0. The van der Waals surface area contributed by atoms with Crippen LogP contribution in [-0.2, 0) is 9.53 Å². The van der Waals surface area contributed by atoms with Gasteiger partial charge in [-0.25, -0.2) is 4.39 Å². The van der Waals surface area contributed by atoms with Gasteiger partial charge in [0, 0.05) is 13.1 Å². The lowest BCUT2D eigenvalue weighted by Gasteiger charge is -2.31. The monoisotopic (exact) mass is 279 g/mol. The van der Waals surface area contributed by atoms with E-state index in [2.05, 4.69) is 0 Å². The Labute approximate surface area is 117 Å². The molecule has 2 rings (SSSR count). The first-order chi connectivity index (χ1) is 9.52. The third-order valence-electron chi connectivity index (χ3n) is 3.60. The second-order valence-corrected chi connectivity index (χ2v) is 5.10. The molecule has 1 heterocycles. The van der Waals surface area contributed by atoms with E-state index in [1.807, 2.05) is 0 Å². The molecule has 0 N–H and O–H groups in total. The van der Waals surface area contributed by atoms with Crippen molar-refractivity contribution in [2.24, 2.45) is 5.92 Å². The van der Waals surface area contributed by atoms with E-state index in [4.69, 9.17) is 4.74 Å². The lowest BCUT2D eigenvalue weighted by molar-refractivity contribution is -0.146. The van der Waals surface area contributed by atoms with Crippen molar-refractivity contribution in [1.29, 1.82) is 0 Å². The number of carbonyl (C=O) groups excluding carboxylic acids is 2. The number of aryl methyl sites for hydroxylation is 1. The van der Waals surface area contributed by atoms with Crippen LogP contribution in [0.4, 0.5) is 4.39 Å². The molecular formula is C15H18FNO3. The topological polar surface area (TPSA) is 46.6 Å². The number of hydrogen-bond acceptors (Lipinski definition) is 3. The number of rotatable bonds is 2. The molecule has 1 saturated heterocycles. The highest BCUT2D eigenvalue weighted by Crippen LogP contribution is 2.21. The number of halogens is 1. The summed E-state index contributed by atoms with van der Waals surface area (Å²) < 4.78 is 18.6. The Morgan fingerprint density at radius 1 is 1.40 bits per heavy atom. The van der Waals surface area contributed by atoms with E-state index in [-0.39, 0.29) is 23.4 Å². The van der Waals surface area contributed by atoms with Crippen molar-refractivity contribution < 1.29 is 18.7 Å². The molecule has 1 fully saturated rings. The molecule has 1 aromatic carbocycles. The van der Waals surface area contributed by atoms with Gasteiger partial charge in [0.05, 0.1) is 18.6 Å². The molecule has 1 atom stereocenters. The number of carbonyl (C=O) groups is 2. The van der Waals surface area contributed by atoms with Gasteiger partial charge in [0.25, 0.3) is 5.91 Å². The predicted octanol–water partition coefficient (Wildman–Crippen LogP) is 2.16. The molecule has 1 aliphatic rings. The molecule has 108 valence electrons. The molecule has 0 aromatic heterocycles. The van der Waals surface area contributed by atoms with Crippen LogP contribution in [0.1, 0.15) is 28.8 Å². The number of benzene rings is 1. The standard InChI is InChI=1S/C15H18FNO3/c1-10-5-6-12(13(16)8-10)14(18)17-7-3-4-11(9-17)15(19)20-2/h5-6,8,11H,3-4,7,9H2,1-2H3. The third kappa shape index (κ3) is 2.98. The van der Waals surface area contributed by atoms with Crippen molar-refractivity contribution in [3.63, 3.8) is 0 Å². The Balaban J connectivity index is 2.14. The van der Waals surface area contributed by atoms with Gasteiger partial charge >= 0.3 is 5.97 Å². The minimum Gasteiger partial charge on any atom is -0.469 e. The number of ether oxygens (including phenoxy) is 1. The van der Waals surface area contributed by atoms with Gasteiger partial charge in [0.1, 0.15) is 5.82 Å². The molecule has 0 bridgehead atoms. The molecule has 1 aliphatic heterocycles. The van der Waals surface area contributed by atoms with Gasteiger partial charge in [-0.2, -0.15) is 0 Å². The summed E-state index contributed by atoms with van der Waals surface area (Å²) in [6.45, 7) is 2.60. The quantitative estimate of drug-likeness (QED) is 0.779. The Hall–Kier alpha value is -1.91. The van der Waals surface area contributed by atoms with Crippen LogP contribution in [-0.4, -0.2) is 37.0 Å². The first-order valence-electron chi connectivity index (χ1n) is 6.66. The number of likely N-dealkylation sites (tertiary alicyclic amines) is 1. The SMILES string of the molecule is COC(=O)C1CCCN(C(=O)c2ccc(C)cc2F)C1. The van der Waals surface area contributed by atoms with Crippen LogP contribution in [0.5, 0.6) is 0 Å². The average Bonchev–Trinajstić information content (AvgIpc) is 2.46. The molecule has 0 saturated carbocycles. The number of piperidine rings is 1.